The first-order chi connectivity index (χ1) is 10.9. The van der Waals surface area contributed by atoms with Crippen LogP contribution in [0.15, 0.2) is 10.8 Å². The van der Waals surface area contributed by atoms with Gasteiger partial charge in [-0.1, -0.05) is 0 Å². The van der Waals surface area contributed by atoms with Gasteiger partial charge in [-0.15, -0.1) is 0 Å². The summed E-state index contributed by atoms with van der Waals surface area (Å²) < 4.78 is 10.7. The Morgan fingerprint density at radius 2 is 2.17 bits per heavy atom. The van der Waals surface area contributed by atoms with Gasteiger partial charge in [-0.3, -0.25) is 9.59 Å². The van der Waals surface area contributed by atoms with Crippen molar-refractivity contribution in [3.05, 3.63) is 17.8 Å². The van der Waals surface area contributed by atoms with E-state index >= 15 is 0 Å². The van der Waals surface area contributed by atoms with Crippen LogP contribution in [0.1, 0.15) is 36.5 Å². The minimum absolute atomic E-state index is 0.0222. The van der Waals surface area contributed by atoms with Crippen LogP contribution in [0.3, 0.4) is 0 Å². The minimum Gasteiger partial charge on any atom is -0.448 e. The highest BCUT2D eigenvalue weighted by Gasteiger charge is 2.45. The van der Waals surface area contributed by atoms with Gasteiger partial charge < -0.3 is 19.0 Å². The molecule has 7 nitrogen and oxygen atoms in total. The van der Waals surface area contributed by atoms with Crippen LogP contribution in [0.5, 0.6) is 0 Å². The van der Waals surface area contributed by atoms with Crippen molar-refractivity contribution in [2.24, 2.45) is 5.41 Å². The number of carbonyl (C=O) groups excluding carboxylic acids is 2. The van der Waals surface area contributed by atoms with Crippen molar-refractivity contribution in [1.82, 2.24) is 14.8 Å². The van der Waals surface area contributed by atoms with Crippen molar-refractivity contribution in [2.75, 3.05) is 32.8 Å². The molecule has 23 heavy (non-hydrogen) atoms. The van der Waals surface area contributed by atoms with Gasteiger partial charge in [-0.25, -0.2) is 4.98 Å². The molecule has 1 spiro atoms. The first kappa shape index (κ1) is 16.0. The zero-order valence-corrected chi connectivity index (χ0v) is 13.9. The Morgan fingerprint density at radius 3 is 2.83 bits per heavy atom. The number of hydrogen-bond acceptors (Lipinski definition) is 5. The molecule has 3 rings (SSSR count). The third-order valence-corrected chi connectivity index (χ3v) is 4.76. The Labute approximate surface area is 135 Å². The monoisotopic (exact) mass is 321 g/mol. The van der Waals surface area contributed by atoms with E-state index in [2.05, 4.69) is 4.98 Å². The molecule has 2 aliphatic rings. The van der Waals surface area contributed by atoms with E-state index in [0.29, 0.717) is 37.7 Å². The summed E-state index contributed by atoms with van der Waals surface area (Å²) in [4.78, 5) is 32.4. The average Bonchev–Trinajstić information content (AvgIpc) is 3.06. The molecule has 1 aromatic rings. The van der Waals surface area contributed by atoms with Crippen LogP contribution in [-0.4, -0.2) is 65.5 Å². The second-order valence-electron chi connectivity index (χ2n) is 6.84. The van der Waals surface area contributed by atoms with Crippen LogP contribution in [0.25, 0.3) is 0 Å². The largest absolute Gasteiger partial charge is 0.448 e. The molecule has 1 aromatic heterocycles. The maximum atomic E-state index is 12.6. The Bertz CT molecular complexity index is 612. The highest BCUT2D eigenvalue weighted by molar-refractivity contribution is 5.93. The number of carbonyl (C=O) groups is 2. The number of rotatable bonds is 2. The fourth-order valence-corrected chi connectivity index (χ4v) is 3.42. The molecular formula is C16H23N3O4. The predicted octanol–water partition coefficient (Wildman–Crippen LogP) is 1.08. The van der Waals surface area contributed by atoms with E-state index in [1.54, 1.807) is 11.8 Å². The van der Waals surface area contributed by atoms with Gasteiger partial charge in [0.2, 0.25) is 5.91 Å². The molecule has 0 saturated carbocycles. The lowest BCUT2D eigenvalue weighted by Gasteiger charge is -2.34. The number of oxazole rings is 1. The topological polar surface area (TPSA) is 75.9 Å². The van der Waals surface area contributed by atoms with Gasteiger partial charge in [0.15, 0.2) is 12.1 Å². The van der Waals surface area contributed by atoms with Gasteiger partial charge in [0.25, 0.3) is 5.91 Å². The van der Waals surface area contributed by atoms with Crippen molar-refractivity contribution in [3.8, 4) is 0 Å². The molecule has 2 fully saturated rings. The average molecular weight is 321 g/mol. The molecule has 0 aliphatic carbocycles. The first-order valence-electron chi connectivity index (χ1n) is 7.98. The molecule has 126 valence electrons. The Hall–Kier alpha value is -1.89. The molecule has 3 heterocycles. The summed E-state index contributed by atoms with van der Waals surface area (Å²) in [5.41, 5.74) is 0.178. The number of likely N-dealkylation sites (tertiary alicyclic amines) is 1. The second-order valence-corrected chi connectivity index (χ2v) is 6.84. The summed E-state index contributed by atoms with van der Waals surface area (Å²) >= 11 is 0. The van der Waals surface area contributed by atoms with Crippen molar-refractivity contribution in [1.29, 1.82) is 0 Å². The van der Waals surface area contributed by atoms with E-state index < -0.39 is 0 Å². The highest BCUT2D eigenvalue weighted by Crippen LogP contribution is 2.35. The lowest BCUT2D eigenvalue weighted by atomic mass is 9.87. The minimum atomic E-state index is -0.191. The molecule has 2 saturated heterocycles. The summed E-state index contributed by atoms with van der Waals surface area (Å²) in [5, 5.41) is 0. The molecule has 0 N–H and O–H groups in total. The number of aryl methyl sites for hydroxylation is 1. The number of amides is 2. The smallest absolute Gasteiger partial charge is 0.276 e. The SMILES string of the molecule is Cc1ocnc1C(=O)N1CCC2(COCC(=O)N(C(C)C)C2)C1. The Balaban J connectivity index is 1.76. The first-order valence-corrected chi connectivity index (χ1v) is 7.98. The number of ether oxygens (including phenoxy) is 1. The summed E-state index contributed by atoms with van der Waals surface area (Å²) in [6.07, 6.45) is 2.12. The van der Waals surface area contributed by atoms with Crippen LogP contribution in [-0.2, 0) is 9.53 Å². The molecular weight excluding hydrogens is 298 g/mol. The summed E-state index contributed by atoms with van der Waals surface area (Å²) in [5.74, 6) is 0.445. The summed E-state index contributed by atoms with van der Waals surface area (Å²) in [7, 11) is 0. The van der Waals surface area contributed by atoms with Gasteiger partial charge in [0.05, 0.1) is 6.61 Å². The van der Waals surface area contributed by atoms with Crippen LogP contribution in [0.2, 0.25) is 0 Å². The normalized spacial score (nSPS) is 25.5. The van der Waals surface area contributed by atoms with E-state index in [4.69, 9.17) is 9.15 Å². The van der Waals surface area contributed by atoms with Gasteiger partial charge in [0, 0.05) is 31.1 Å². The van der Waals surface area contributed by atoms with Gasteiger partial charge >= 0.3 is 0 Å². The highest BCUT2D eigenvalue weighted by atomic mass is 16.5. The zero-order valence-electron chi connectivity index (χ0n) is 13.9. The van der Waals surface area contributed by atoms with Crippen molar-refractivity contribution in [2.45, 2.75) is 33.2 Å². The molecule has 1 unspecified atom stereocenters. The van der Waals surface area contributed by atoms with E-state index in [0.717, 1.165) is 6.42 Å². The molecule has 0 aromatic carbocycles. The van der Waals surface area contributed by atoms with Crippen LogP contribution in [0.4, 0.5) is 0 Å². The molecule has 2 amide bonds. The zero-order chi connectivity index (χ0) is 16.6. The third-order valence-electron chi connectivity index (χ3n) is 4.76. The van der Waals surface area contributed by atoms with Crippen LogP contribution >= 0.6 is 0 Å². The van der Waals surface area contributed by atoms with Gasteiger partial charge in [0.1, 0.15) is 12.4 Å². The fraction of sp³-hybridized carbons (Fsp3) is 0.688. The molecule has 0 bridgehead atoms. The van der Waals surface area contributed by atoms with Crippen LogP contribution in [0, 0.1) is 12.3 Å². The molecule has 7 heteroatoms. The number of aromatic nitrogens is 1. The maximum absolute atomic E-state index is 12.6. The van der Waals surface area contributed by atoms with Crippen molar-refractivity contribution >= 4 is 11.8 Å². The number of hydrogen-bond donors (Lipinski definition) is 0. The van der Waals surface area contributed by atoms with Gasteiger partial charge in [-0.2, -0.15) is 0 Å². The number of nitrogens with zero attached hydrogens (tertiary/aromatic N) is 3. The molecule has 2 aliphatic heterocycles. The van der Waals surface area contributed by atoms with E-state index in [1.165, 1.54) is 6.39 Å². The lowest BCUT2D eigenvalue weighted by molar-refractivity contribution is -0.135. The maximum Gasteiger partial charge on any atom is 0.276 e. The predicted molar refractivity (Wildman–Crippen MR) is 81.9 cm³/mol. The molecule has 1 atom stereocenters. The van der Waals surface area contributed by atoms with Crippen molar-refractivity contribution in [3.63, 3.8) is 0 Å². The van der Waals surface area contributed by atoms with E-state index in [-0.39, 0.29) is 29.9 Å². The lowest BCUT2D eigenvalue weighted by Crippen LogP contribution is -2.46. The van der Waals surface area contributed by atoms with E-state index in [9.17, 15) is 9.59 Å². The van der Waals surface area contributed by atoms with Crippen molar-refractivity contribution < 1.29 is 18.7 Å². The summed E-state index contributed by atoms with van der Waals surface area (Å²) in [6.45, 7) is 8.23. The quantitative estimate of drug-likeness (QED) is 0.815. The second kappa shape index (κ2) is 5.96. The Morgan fingerprint density at radius 1 is 1.39 bits per heavy atom. The molecule has 0 radical (unpaired) electrons. The third kappa shape index (κ3) is 2.97. The van der Waals surface area contributed by atoms with Crippen LogP contribution < -0.4 is 0 Å². The standard InChI is InChI=1S/C16H23N3O4/c1-11(2)19-8-16(9-22-6-13(19)20)4-5-18(7-16)15(21)14-12(3)23-10-17-14/h10-11H,4-9H2,1-3H3. The Kier molecular flexibility index (Phi) is 4.14. The van der Waals surface area contributed by atoms with E-state index in [1.807, 2.05) is 18.7 Å². The van der Waals surface area contributed by atoms with Gasteiger partial charge in [-0.05, 0) is 27.2 Å². The summed E-state index contributed by atoms with van der Waals surface area (Å²) in [6, 6.07) is 0.128. The fourth-order valence-electron chi connectivity index (χ4n) is 3.42.